The summed E-state index contributed by atoms with van der Waals surface area (Å²) >= 11 is 0. The van der Waals surface area contributed by atoms with Crippen LogP contribution in [0.4, 0.5) is 13.2 Å². The van der Waals surface area contributed by atoms with Crippen LogP contribution in [0.15, 0.2) is 79.8 Å². The largest absolute Gasteiger partial charge is 0.357 e. The number of allylic oxidation sites excluding steroid dienone is 2. The molecule has 0 saturated carbocycles. The first-order chi connectivity index (χ1) is 19.3. The van der Waals surface area contributed by atoms with Gasteiger partial charge in [0.2, 0.25) is 0 Å². The van der Waals surface area contributed by atoms with E-state index in [0.29, 0.717) is 24.3 Å². The number of hydrogen-bond acceptors (Lipinski definition) is 4. The number of pyridine rings is 2. The van der Waals surface area contributed by atoms with Crippen LogP contribution in [0.1, 0.15) is 28.8 Å². The summed E-state index contributed by atoms with van der Waals surface area (Å²) in [4.78, 5) is 14.1. The fourth-order valence-corrected chi connectivity index (χ4v) is 5.29. The van der Waals surface area contributed by atoms with Crippen molar-refractivity contribution in [2.45, 2.75) is 25.8 Å². The van der Waals surface area contributed by atoms with Crippen molar-refractivity contribution in [2.24, 2.45) is 0 Å². The number of nitrogens with one attached hydrogen (secondary N) is 2. The third-order valence-electron chi connectivity index (χ3n) is 7.22. The van der Waals surface area contributed by atoms with Gasteiger partial charge in [0.05, 0.1) is 17.9 Å². The smallest absolute Gasteiger partial charge is 0.261 e. The van der Waals surface area contributed by atoms with Gasteiger partial charge in [0.15, 0.2) is 5.65 Å². The number of hydrogen-bond donors (Lipinski definition) is 2. The van der Waals surface area contributed by atoms with E-state index in [1.807, 2.05) is 25.1 Å². The SMILES string of the molecule is C=C/C=C(/c1ccccc1F)c1cc(-c2[nH]nc3ncc(-c4cncc(CN5CCC(F)(F)C5)c4)cc23)[nH]c1C. The van der Waals surface area contributed by atoms with Gasteiger partial charge >= 0.3 is 0 Å². The average Bonchev–Trinajstić information content (AvgIpc) is 3.63. The molecule has 1 aliphatic heterocycles. The third kappa shape index (κ3) is 4.96. The highest BCUT2D eigenvalue weighted by molar-refractivity contribution is 5.94. The number of benzene rings is 1. The number of rotatable bonds is 7. The molecule has 6 nitrogen and oxygen atoms in total. The molecule has 5 heterocycles. The second-order valence-corrected chi connectivity index (χ2v) is 10.1. The predicted octanol–water partition coefficient (Wildman–Crippen LogP) is 6.92. The van der Waals surface area contributed by atoms with E-state index in [1.165, 1.54) is 6.07 Å². The summed E-state index contributed by atoms with van der Waals surface area (Å²) in [6.45, 7) is 6.29. The number of aryl methyl sites for hydroxylation is 1. The Morgan fingerprint density at radius 3 is 2.70 bits per heavy atom. The number of likely N-dealkylation sites (tertiary alicyclic amines) is 1. The van der Waals surface area contributed by atoms with Gasteiger partial charge in [-0.3, -0.25) is 15.0 Å². The van der Waals surface area contributed by atoms with Crippen LogP contribution in [0, 0.1) is 12.7 Å². The highest BCUT2D eigenvalue weighted by atomic mass is 19.3. The number of aromatic nitrogens is 5. The van der Waals surface area contributed by atoms with Crippen molar-refractivity contribution >= 4 is 16.6 Å². The molecule has 0 bridgehead atoms. The van der Waals surface area contributed by atoms with Crippen molar-refractivity contribution in [2.75, 3.05) is 13.1 Å². The first kappa shape index (κ1) is 25.8. The molecule has 1 aliphatic rings. The molecule has 2 N–H and O–H groups in total. The Morgan fingerprint density at radius 1 is 1.10 bits per heavy atom. The lowest BCUT2D eigenvalue weighted by Gasteiger charge is -2.15. The van der Waals surface area contributed by atoms with Gasteiger partial charge in [-0.25, -0.2) is 18.2 Å². The van der Waals surface area contributed by atoms with Crippen molar-refractivity contribution in [3.05, 3.63) is 108 Å². The highest BCUT2D eigenvalue weighted by Gasteiger charge is 2.37. The zero-order valence-electron chi connectivity index (χ0n) is 21.9. The van der Waals surface area contributed by atoms with Crippen molar-refractivity contribution in [3.8, 4) is 22.5 Å². The average molecular weight is 541 g/mol. The number of aromatic amines is 2. The van der Waals surface area contributed by atoms with Crippen LogP contribution < -0.4 is 0 Å². The second kappa shape index (κ2) is 10.2. The molecule has 0 radical (unpaired) electrons. The van der Waals surface area contributed by atoms with Crippen molar-refractivity contribution in [3.63, 3.8) is 0 Å². The number of nitrogens with zero attached hydrogens (tertiary/aromatic N) is 4. The van der Waals surface area contributed by atoms with Crippen molar-refractivity contribution < 1.29 is 13.2 Å². The van der Waals surface area contributed by atoms with Gasteiger partial charge in [0.1, 0.15) is 5.82 Å². The Kier molecular flexibility index (Phi) is 6.59. The van der Waals surface area contributed by atoms with Gasteiger partial charge in [-0.15, -0.1) is 0 Å². The highest BCUT2D eigenvalue weighted by Crippen LogP contribution is 2.35. The summed E-state index contributed by atoms with van der Waals surface area (Å²) in [6.07, 6.45) is 8.51. The summed E-state index contributed by atoms with van der Waals surface area (Å²) in [6, 6.07) is 12.6. The summed E-state index contributed by atoms with van der Waals surface area (Å²) in [7, 11) is 0. The zero-order chi connectivity index (χ0) is 27.9. The molecule has 6 rings (SSSR count). The fraction of sp³-hybridized carbons (Fsp3) is 0.194. The molecule has 0 atom stereocenters. The summed E-state index contributed by atoms with van der Waals surface area (Å²) in [5, 5.41) is 8.27. The minimum Gasteiger partial charge on any atom is -0.357 e. The molecular formula is C31H27F3N6. The Morgan fingerprint density at radius 2 is 1.93 bits per heavy atom. The summed E-state index contributed by atoms with van der Waals surface area (Å²) < 4.78 is 42.0. The number of fused-ring (bicyclic) bond motifs is 1. The van der Waals surface area contributed by atoms with Crippen LogP contribution >= 0.6 is 0 Å². The molecule has 0 aliphatic carbocycles. The lowest BCUT2D eigenvalue weighted by Crippen LogP contribution is -2.24. The molecule has 4 aromatic heterocycles. The molecule has 1 aromatic carbocycles. The first-order valence-electron chi connectivity index (χ1n) is 13.0. The molecule has 1 saturated heterocycles. The van der Waals surface area contributed by atoms with E-state index in [0.717, 1.165) is 50.3 Å². The van der Waals surface area contributed by atoms with E-state index in [-0.39, 0.29) is 18.8 Å². The molecule has 5 aromatic rings. The number of alkyl halides is 2. The zero-order valence-corrected chi connectivity index (χ0v) is 21.9. The van der Waals surface area contributed by atoms with Crippen LogP contribution in [0.5, 0.6) is 0 Å². The summed E-state index contributed by atoms with van der Waals surface area (Å²) in [5.41, 5.74) is 7.51. The second-order valence-electron chi connectivity index (χ2n) is 10.1. The van der Waals surface area contributed by atoms with Gasteiger partial charge in [0, 0.05) is 71.4 Å². The number of H-pyrrole nitrogens is 2. The summed E-state index contributed by atoms with van der Waals surface area (Å²) in [5.74, 6) is -2.95. The van der Waals surface area contributed by atoms with E-state index in [1.54, 1.807) is 53.8 Å². The van der Waals surface area contributed by atoms with Crippen molar-refractivity contribution in [1.82, 2.24) is 30.0 Å². The molecular weight excluding hydrogens is 513 g/mol. The molecule has 0 amide bonds. The lowest BCUT2D eigenvalue weighted by atomic mass is 9.97. The minimum absolute atomic E-state index is 0.116. The van der Waals surface area contributed by atoms with Gasteiger partial charge in [-0.1, -0.05) is 36.9 Å². The maximum absolute atomic E-state index is 14.7. The van der Waals surface area contributed by atoms with Crippen LogP contribution in [0.3, 0.4) is 0 Å². The fourth-order valence-electron chi connectivity index (χ4n) is 5.29. The van der Waals surface area contributed by atoms with Gasteiger partial charge < -0.3 is 4.98 Å². The maximum atomic E-state index is 14.7. The first-order valence-corrected chi connectivity index (χ1v) is 13.0. The monoisotopic (exact) mass is 540 g/mol. The normalized spacial score (nSPS) is 15.7. The Bertz CT molecular complexity index is 1750. The molecule has 0 unspecified atom stereocenters. The van der Waals surface area contributed by atoms with Crippen LogP contribution in [0.25, 0.3) is 39.1 Å². The van der Waals surface area contributed by atoms with E-state index in [2.05, 4.69) is 31.7 Å². The van der Waals surface area contributed by atoms with E-state index >= 15 is 0 Å². The van der Waals surface area contributed by atoms with E-state index in [4.69, 9.17) is 0 Å². The number of halogens is 3. The lowest BCUT2D eigenvalue weighted by molar-refractivity contribution is 0.0115. The minimum atomic E-state index is -2.63. The van der Waals surface area contributed by atoms with Gasteiger partial charge in [0.25, 0.3) is 5.92 Å². The van der Waals surface area contributed by atoms with E-state index < -0.39 is 5.92 Å². The third-order valence-corrected chi connectivity index (χ3v) is 7.22. The molecule has 1 fully saturated rings. The Balaban J connectivity index is 1.34. The van der Waals surface area contributed by atoms with Gasteiger partial charge in [-0.2, -0.15) is 5.10 Å². The van der Waals surface area contributed by atoms with Crippen LogP contribution in [-0.4, -0.2) is 49.1 Å². The Hall–Kier alpha value is -4.50. The topological polar surface area (TPSA) is 73.5 Å². The van der Waals surface area contributed by atoms with Gasteiger partial charge in [-0.05, 0) is 42.3 Å². The maximum Gasteiger partial charge on any atom is 0.261 e. The quantitative estimate of drug-likeness (QED) is 0.220. The van der Waals surface area contributed by atoms with Crippen LogP contribution in [0.2, 0.25) is 0 Å². The van der Waals surface area contributed by atoms with Crippen LogP contribution in [-0.2, 0) is 6.54 Å². The standard InChI is InChI=1S/C31H27F3N6/c1-3-6-23(24-7-4-5-8-27(24)32)25-13-28(37-19(25)2)29-26-12-22(16-36-30(26)39-38-29)21-11-20(14-35-15-21)17-40-10-9-31(33,34)18-40/h3-8,11-16,37H,1,9-10,17-18H2,2H3,(H,36,38,39)/b23-6-. The Labute approximate surface area is 229 Å². The van der Waals surface area contributed by atoms with E-state index in [9.17, 15) is 13.2 Å². The predicted molar refractivity (Wildman–Crippen MR) is 150 cm³/mol. The molecule has 40 heavy (non-hydrogen) atoms. The molecule has 0 spiro atoms. The molecule has 202 valence electrons. The molecule has 9 heteroatoms. The van der Waals surface area contributed by atoms with Crippen molar-refractivity contribution in [1.29, 1.82) is 0 Å².